The Morgan fingerprint density at radius 2 is 2.43 bits per heavy atom. The lowest BCUT2D eigenvalue weighted by Crippen LogP contribution is -2.12. The van der Waals surface area contributed by atoms with Crippen LogP contribution in [0.2, 0.25) is 0 Å². The molecule has 4 nitrogen and oxygen atoms in total. The molecule has 0 unspecified atom stereocenters. The molecule has 2 rings (SSSR count). The van der Waals surface area contributed by atoms with Gasteiger partial charge in [0.15, 0.2) is 0 Å². The standard InChI is InChI=1S/C10H10N2O2/c11-6-7-3-4-9(13)12-10(7)8-2-1-5-14-8/h3-4,8H,1-2,5H2,(H,12,13)/t8-/m0/s1. The molecule has 1 aliphatic rings. The third-order valence-electron chi connectivity index (χ3n) is 2.32. The van der Waals surface area contributed by atoms with Crippen LogP contribution in [0.5, 0.6) is 0 Å². The van der Waals surface area contributed by atoms with Gasteiger partial charge in [-0.25, -0.2) is 0 Å². The molecule has 0 amide bonds. The summed E-state index contributed by atoms with van der Waals surface area (Å²) in [6, 6.07) is 4.95. The molecule has 1 saturated heterocycles. The van der Waals surface area contributed by atoms with Gasteiger partial charge in [-0.05, 0) is 18.9 Å². The average molecular weight is 190 g/mol. The van der Waals surface area contributed by atoms with Gasteiger partial charge < -0.3 is 9.72 Å². The van der Waals surface area contributed by atoms with Crippen LogP contribution in [-0.4, -0.2) is 11.6 Å². The summed E-state index contributed by atoms with van der Waals surface area (Å²) in [5.41, 5.74) is 0.934. The van der Waals surface area contributed by atoms with E-state index in [0.717, 1.165) is 12.8 Å². The monoisotopic (exact) mass is 190 g/mol. The van der Waals surface area contributed by atoms with Crippen LogP contribution in [0, 0.1) is 11.3 Å². The molecule has 14 heavy (non-hydrogen) atoms. The van der Waals surface area contributed by atoms with Gasteiger partial charge in [-0.2, -0.15) is 5.26 Å². The minimum atomic E-state index is -0.186. The molecule has 0 radical (unpaired) electrons. The molecule has 1 N–H and O–H groups in total. The van der Waals surface area contributed by atoms with E-state index in [4.69, 9.17) is 10.00 Å². The number of nitriles is 1. The highest BCUT2D eigenvalue weighted by Crippen LogP contribution is 2.28. The van der Waals surface area contributed by atoms with Crippen LogP contribution in [0.3, 0.4) is 0 Å². The van der Waals surface area contributed by atoms with E-state index >= 15 is 0 Å². The Morgan fingerprint density at radius 1 is 1.57 bits per heavy atom. The van der Waals surface area contributed by atoms with Crippen molar-refractivity contribution >= 4 is 0 Å². The summed E-state index contributed by atoms with van der Waals surface area (Å²) in [6.07, 6.45) is 1.74. The van der Waals surface area contributed by atoms with Crippen LogP contribution >= 0.6 is 0 Å². The van der Waals surface area contributed by atoms with Gasteiger partial charge in [0.25, 0.3) is 0 Å². The number of rotatable bonds is 1. The van der Waals surface area contributed by atoms with Crippen molar-refractivity contribution in [3.63, 3.8) is 0 Å². The topological polar surface area (TPSA) is 65.9 Å². The Morgan fingerprint density at radius 3 is 3.07 bits per heavy atom. The molecule has 1 fully saturated rings. The van der Waals surface area contributed by atoms with Crippen LogP contribution in [-0.2, 0) is 4.74 Å². The van der Waals surface area contributed by atoms with Crippen molar-refractivity contribution in [3.05, 3.63) is 33.7 Å². The number of pyridine rings is 1. The maximum Gasteiger partial charge on any atom is 0.248 e. The highest BCUT2D eigenvalue weighted by Gasteiger charge is 2.21. The second-order valence-corrected chi connectivity index (χ2v) is 3.26. The fourth-order valence-corrected chi connectivity index (χ4v) is 1.65. The Kier molecular flexibility index (Phi) is 2.33. The first-order chi connectivity index (χ1) is 6.81. The summed E-state index contributed by atoms with van der Waals surface area (Å²) in [6.45, 7) is 0.701. The quantitative estimate of drug-likeness (QED) is 0.721. The highest BCUT2D eigenvalue weighted by molar-refractivity contribution is 5.34. The zero-order chi connectivity index (χ0) is 9.97. The molecule has 1 atom stereocenters. The second-order valence-electron chi connectivity index (χ2n) is 3.26. The van der Waals surface area contributed by atoms with Crippen LogP contribution in [0.25, 0.3) is 0 Å². The van der Waals surface area contributed by atoms with Crippen molar-refractivity contribution < 1.29 is 4.74 Å². The molecule has 1 aromatic heterocycles. The Hall–Kier alpha value is -1.60. The number of aromatic nitrogens is 1. The summed E-state index contributed by atoms with van der Waals surface area (Å²) in [5.74, 6) is 0. The summed E-state index contributed by atoms with van der Waals surface area (Å²) >= 11 is 0. The Bertz CT molecular complexity index is 424. The molecule has 1 aliphatic heterocycles. The average Bonchev–Trinajstić information content (AvgIpc) is 2.70. The fourth-order valence-electron chi connectivity index (χ4n) is 1.65. The number of aromatic amines is 1. The zero-order valence-corrected chi connectivity index (χ0v) is 7.62. The van der Waals surface area contributed by atoms with Crippen LogP contribution in [0.15, 0.2) is 16.9 Å². The van der Waals surface area contributed by atoms with Crippen molar-refractivity contribution in [2.24, 2.45) is 0 Å². The van der Waals surface area contributed by atoms with Crippen molar-refractivity contribution in [3.8, 4) is 6.07 Å². The van der Waals surface area contributed by atoms with E-state index in [0.29, 0.717) is 17.9 Å². The molecule has 4 heteroatoms. The second kappa shape index (κ2) is 3.64. The van der Waals surface area contributed by atoms with Crippen molar-refractivity contribution in [1.82, 2.24) is 4.98 Å². The molecular formula is C10H10N2O2. The first kappa shape index (κ1) is 8.97. The van der Waals surface area contributed by atoms with Gasteiger partial charge in [0.05, 0.1) is 17.4 Å². The van der Waals surface area contributed by atoms with Crippen LogP contribution < -0.4 is 5.56 Å². The van der Waals surface area contributed by atoms with Gasteiger partial charge in [-0.3, -0.25) is 4.79 Å². The number of nitrogens with zero attached hydrogens (tertiary/aromatic N) is 1. The molecule has 0 aromatic carbocycles. The highest BCUT2D eigenvalue weighted by atomic mass is 16.5. The van der Waals surface area contributed by atoms with Gasteiger partial charge in [0, 0.05) is 12.7 Å². The SMILES string of the molecule is N#Cc1ccc(=O)[nH]c1[C@@H]1CCCO1. The summed E-state index contributed by atoms with van der Waals surface area (Å²) in [7, 11) is 0. The van der Waals surface area contributed by atoms with Crippen molar-refractivity contribution in [2.45, 2.75) is 18.9 Å². The third-order valence-corrected chi connectivity index (χ3v) is 2.32. The van der Waals surface area contributed by atoms with E-state index in [1.165, 1.54) is 12.1 Å². The number of nitrogens with one attached hydrogen (secondary N) is 1. The molecule has 0 saturated carbocycles. The van der Waals surface area contributed by atoms with Crippen LogP contribution in [0.1, 0.15) is 30.2 Å². The molecular weight excluding hydrogens is 180 g/mol. The number of ether oxygens (including phenoxy) is 1. The minimum Gasteiger partial charge on any atom is -0.372 e. The lowest BCUT2D eigenvalue weighted by molar-refractivity contribution is 0.108. The fraction of sp³-hybridized carbons (Fsp3) is 0.400. The first-order valence-corrected chi connectivity index (χ1v) is 4.56. The number of hydrogen-bond donors (Lipinski definition) is 1. The predicted molar refractivity (Wildman–Crippen MR) is 49.7 cm³/mol. The Balaban J connectivity index is 2.44. The van der Waals surface area contributed by atoms with E-state index < -0.39 is 0 Å². The lowest BCUT2D eigenvalue weighted by atomic mass is 10.1. The van der Waals surface area contributed by atoms with E-state index in [1.807, 2.05) is 6.07 Å². The van der Waals surface area contributed by atoms with Gasteiger partial charge in [-0.1, -0.05) is 0 Å². The van der Waals surface area contributed by atoms with Gasteiger partial charge >= 0.3 is 0 Å². The van der Waals surface area contributed by atoms with Crippen molar-refractivity contribution in [2.75, 3.05) is 6.61 Å². The summed E-state index contributed by atoms with van der Waals surface area (Å²) < 4.78 is 5.42. The maximum absolute atomic E-state index is 11.1. The minimum absolute atomic E-state index is 0.112. The molecule has 1 aromatic rings. The lowest BCUT2D eigenvalue weighted by Gasteiger charge is -2.10. The third kappa shape index (κ3) is 1.54. The molecule has 0 spiro atoms. The molecule has 0 aliphatic carbocycles. The van der Waals surface area contributed by atoms with E-state index in [2.05, 4.69) is 4.98 Å². The number of hydrogen-bond acceptors (Lipinski definition) is 3. The summed E-state index contributed by atoms with van der Waals surface area (Å²) in [5, 5.41) is 8.84. The van der Waals surface area contributed by atoms with E-state index in [9.17, 15) is 4.79 Å². The molecule has 72 valence electrons. The van der Waals surface area contributed by atoms with Gasteiger partial charge in [0.1, 0.15) is 6.07 Å². The summed E-state index contributed by atoms with van der Waals surface area (Å²) in [4.78, 5) is 13.8. The first-order valence-electron chi connectivity index (χ1n) is 4.56. The van der Waals surface area contributed by atoms with E-state index in [1.54, 1.807) is 0 Å². The number of H-pyrrole nitrogens is 1. The van der Waals surface area contributed by atoms with E-state index in [-0.39, 0.29) is 11.7 Å². The molecule has 0 bridgehead atoms. The largest absolute Gasteiger partial charge is 0.372 e. The molecule has 2 heterocycles. The van der Waals surface area contributed by atoms with Crippen molar-refractivity contribution in [1.29, 1.82) is 5.26 Å². The predicted octanol–water partition coefficient (Wildman–Crippen LogP) is 1.10. The zero-order valence-electron chi connectivity index (χ0n) is 7.62. The van der Waals surface area contributed by atoms with Gasteiger partial charge in [-0.15, -0.1) is 0 Å². The normalized spacial score (nSPS) is 20.6. The Labute approximate surface area is 81.1 Å². The van der Waals surface area contributed by atoms with Crippen LogP contribution in [0.4, 0.5) is 0 Å². The maximum atomic E-state index is 11.1. The smallest absolute Gasteiger partial charge is 0.248 e. The van der Waals surface area contributed by atoms with Gasteiger partial charge in [0.2, 0.25) is 5.56 Å².